The number of hydrogen-bond donors (Lipinski definition) is 0. The van der Waals surface area contributed by atoms with Crippen molar-refractivity contribution in [2.24, 2.45) is 0 Å². The molecule has 0 aliphatic carbocycles. The second kappa shape index (κ2) is 5.22. The molecule has 2 aromatic rings. The Bertz CT molecular complexity index is 617. The lowest BCUT2D eigenvalue weighted by atomic mass is 10.2. The minimum atomic E-state index is -0.257. The average Bonchev–Trinajstić information content (AvgIpc) is 3.00. The number of esters is 1. The van der Waals surface area contributed by atoms with E-state index in [9.17, 15) is 4.79 Å². The van der Waals surface area contributed by atoms with Crippen LogP contribution in [0.3, 0.4) is 0 Å². The molecule has 0 unspecified atom stereocenters. The van der Waals surface area contributed by atoms with Gasteiger partial charge in [0.15, 0.2) is 0 Å². The van der Waals surface area contributed by atoms with E-state index < -0.39 is 0 Å². The first-order valence-electron chi connectivity index (χ1n) is 5.65. The van der Waals surface area contributed by atoms with Crippen molar-refractivity contribution in [3.8, 4) is 11.5 Å². The van der Waals surface area contributed by atoms with Crippen LogP contribution in [0.4, 0.5) is 0 Å². The molecule has 2 heterocycles. The maximum absolute atomic E-state index is 11.3. The number of rotatable bonds is 3. The summed E-state index contributed by atoms with van der Waals surface area (Å²) in [4.78, 5) is 11.3. The quantitative estimate of drug-likeness (QED) is 0.812. The zero-order valence-electron chi connectivity index (χ0n) is 9.71. The number of hydrogen-bond acceptors (Lipinski definition) is 6. The Kier molecular flexibility index (Phi) is 3.44. The highest BCUT2D eigenvalue weighted by molar-refractivity contribution is 8.00. The molecule has 0 bridgehead atoms. The highest BCUT2D eigenvalue weighted by Gasteiger charge is 2.29. The van der Waals surface area contributed by atoms with Gasteiger partial charge in [0.05, 0.1) is 6.61 Å². The Hall–Kier alpha value is -1.53. The van der Waals surface area contributed by atoms with Crippen molar-refractivity contribution >= 4 is 29.3 Å². The monoisotopic (exact) mass is 296 g/mol. The third kappa shape index (κ3) is 2.74. The van der Waals surface area contributed by atoms with Crippen molar-refractivity contribution in [1.82, 2.24) is 10.2 Å². The molecule has 3 rings (SSSR count). The predicted molar refractivity (Wildman–Crippen MR) is 70.0 cm³/mol. The SMILES string of the molecule is O=C1OCC[C@H]1Sc1nnc(-c2cccc(Cl)c2)o1. The van der Waals surface area contributed by atoms with Crippen molar-refractivity contribution in [3.63, 3.8) is 0 Å². The molecule has 1 aromatic heterocycles. The Balaban J connectivity index is 1.78. The maximum Gasteiger partial charge on any atom is 0.319 e. The van der Waals surface area contributed by atoms with Crippen LogP contribution >= 0.6 is 23.4 Å². The first-order valence-corrected chi connectivity index (χ1v) is 6.91. The van der Waals surface area contributed by atoms with Crippen molar-refractivity contribution in [2.45, 2.75) is 16.9 Å². The van der Waals surface area contributed by atoms with Crippen LogP contribution in [0.2, 0.25) is 5.02 Å². The molecule has 0 amide bonds. The van der Waals surface area contributed by atoms with E-state index in [1.54, 1.807) is 12.1 Å². The summed E-state index contributed by atoms with van der Waals surface area (Å²) < 4.78 is 10.4. The van der Waals surface area contributed by atoms with Gasteiger partial charge in [-0.2, -0.15) is 0 Å². The number of halogens is 1. The van der Waals surface area contributed by atoms with Crippen LogP contribution in [0.25, 0.3) is 11.5 Å². The fraction of sp³-hybridized carbons (Fsp3) is 0.250. The lowest BCUT2D eigenvalue weighted by Crippen LogP contribution is -2.09. The van der Waals surface area contributed by atoms with E-state index in [-0.39, 0.29) is 11.2 Å². The van der Waals surface area contributed by atoms with E-state index in [2.05, 4.69) is 10.2 Å². The van der Waals surface area contributed by atoms with Crippen LogP contribution in [0.5, 0.6) is 0 Å². The molecular formula is C12H9ClN2O3S. The largest absolute Gasteiger partial charge is 0.465 e. The van der Waals surface area contributed by atoms with E-state index in [0.29, 0.717) is 29.2 Å². The van der Waals surface area contributed by atoms with Crippen molar-refractivity contribution in [2.75, 3.05) is 6.61 Å². The van der Waals surface area contributed by atoms with E-state index in [1.165, 1.54) is 11.8 Å². The van der Waals surface area contributed by atoms with E-state index >= 15 is 0 Å². The number of carbonyl (C=O) groups excluding carboxylic acids is 1. The standard InChI is InChI=1S/C12H9ClN2O3S/c13-8-3-1-2-7(6-8)10-14-15-12(18-10)19-9-4-5-17-11(9)16/h1-3,6,9H,4-5H2/t9-/m1/s1. The van der Waals surface area contributed by atoms with Crippen LogP contribution in [0.1, 0.15) is 6.42 Å². The number of aromatic nitrogens is 2. The molecule has 1 atom stereocenters. The first-order chi connectivity index (χ1) is 9.22. The number of carbonyl (C=O) groups is 1. The molecule has 5 nitrogen and oxygen atoms in total. The van der Waals surface area contributed by atoms with Gasteiger partial charge in [0.25, 0.3) is 5.22 Å². The van der Waals surface area contributed by atoms with Crippen LogP contribution in [0, 0.1) is 0 Å². The predicted octanol–water partition coefficient (Wildman–Crippen LogP) is 2.80. The third-order valence-electron chi connectivity index (χ3n) is 2.61. The van der Waals surface area contributed by atoms with Crippen LogP contribution in [0.15, 0.2) is 33.9 Å². The number of cyclic esters (lactones) is 1. The average molecular weight is 297 g/mol. The van der Waals surface area contributed by atoms with Crippen molar-refractivity contribution < 1.29 is 13.9 Å². The van der Waals surface area contributed by atoms with Gasteiger partial charge in [-0.1, -0.05) is 17.7 Å². The molecule has 1 aliphatic heterocycles. The fourth-order valence-corrected chi connectivity index (χ4v) is 2.73. The van der Waals surface area contributed by atoms with Crippen LogP contribution in [-0.4, -0.2) is 28.0 Å². The topological polar surface area (TPSA) is 65.2 Å². The summed E-state index contributed by atoms with van der Waals surface area (Å²) in [5.41, 5.74) is 0.751. The first kappa shape index (κ1) is 12.5. The minimum absolute atomic E-state index is 0.229. The molecule has 0 spiro atoms. The smallest absolute Gasteiger partial charge is 0.319 e. The summed E-state index contributed by atoms with van der Waals surface area (Å²) >= 11 is 7.13. The second-order valence-corrected chi connectivity index (χ2v) is 5.54. The van der Waals surface area contributed by atoms with E-state index in [4.69, 9.17) is 20.8 Å². The molecule has 0 saturated carbocycles. The van der Waals surface area contributed by atoms with Gasteiger partial charge in [-0.25, -0.2) is 0 Å². The third-order valence-corrected chi connectivity index (χ3v) is 3.92. The van der Waals surface area contributed by atoms with Crippen LogP contribution < -0.4 is 0 Å². The van der Waals surface area contributed by atoms with E-state index in [1.807, 2.05) is 12.1 Å². The molecular weight excluding hydrogens is 288 g/mol. The van der Waals surface area contributed by atoms with Crippen molar-refractivity contribution in [3.05, 3.63) is 29.3 Å². The van der Waals surface area contributed by atoms with Gasteiger partial charge >= 0.3 is 5.97 Å². The summed E-state index contributed by atoms with van der Waals surface area (Å²) in [6.07, 6.45) is 0.665. The van der Waals surface area contributed by atoms with Gasteiger partial charge in [0.1, 0.15) is 5.25 Å². The van der Waals surface area contributed by atoms with Crippen molar-refractivity contribution in [1.29, 1.82) is 0 Å². The highest BCUT2D eigenvalue weighted by atomic mass is 35.5. The molecule has 1 aromatic carbocycles. The summed E-state index contributed by atoms with van der Waals surface area (Å²) in [7, 11) is 0. The fourth-order valence-electron chi connectivity index (χ4n) is 1.70. The summed E-state index contributed by atoms with van der Waals surface area (Å²) in [6.45, 7) is 0.450. The molecule has 7 heteroatoms. The summed E-state index contributed by atoms with van der Waals surface area (Å²) in [6, 6.07) is 7.15. The number of thioether (sulfide) groups is 1. The highest BCUT2D eigenvalue weighted by Crippen LogP contribution is 2.30. The number of nitrogens with zero attached hydrogens (tertiary/aromatic N) is 2. The second-order valence-electron chi connectivity index (χ2n) is 3.95. The minimum Gasteiger partial charge on any atom is -0.465 e. The molecule has 98 valence electrons. The zero-order valence-corrected chi connectivity index (χ0v) is 11.3. The van der Waals surface area contributed by atoms with Gasteiger partial charge in [-0.15, -0.1) is 10.2 Å². The lowest BCUT2D eigenvalue weighted by molar-refractivity contribution is -0.137. The van der Waals surface area contributed by atoms with Gasteiger partial charge in [-0.05, 0) is 30.0 Å². The summed E-state index contributed by atoms with van der Waals surface area (Å²) in [5, 5.41) is 8.57. The van der Waals surface area contributed by atoms with Gasteiger partial charge in [-0.3, -0.25) is 4.79 Å². The molecule has 1 aliphatic rings. The molecule has 0 N–H and O–H groups in total. The molecule has 19 heavy (non-hydrogen) atoms. The molecule has 0 radical (unpaired) electrons. The van der Waals surface area contributed by atoms with Crippen LogP contribution in [-0.2, 0) is 9.53 Å². The summed E-state index contributed by atoms with van der Waals surface area (Å²) in [5.74, 6) is 0.156. The van der Waals surface area contributed by atoms with Gasteiger partial charge in [0.2, 0.25) is 5.89 Å². The van der Waals surface area contributed by atoms with E-state index in [0.717, 1.165) is 5.56 Å². The Morgan fingerprint density at radius 1 is 1.37 bits per heavy atom. The Morgan fingerprint density at radius 3 is 3.00 bits per heavy atom. The normalized spacial score (nSPS) is 18.6. The van der Waals surface area contributed by atoms with Gasteiger partial charge < -0.3 is 9.15 Å². The van der Waals surface area contributed by atoms with Gasteiger partial charge in [0, 0.05) is 17.0 Å². The Morgan fingerprint density at radius 2 is 2.26 bits per heavy atom. The maximum atomic E-state index is 11.3. The molecule has 1 saturated heterocycles. The number of ether oxygens (including phenoxy) is 1. The zero-order chi connectivity index (χ0) is 13.2. The number of benzene rings is 1. The lowest BCUT2D eigenvalue weighted by Gasteiger charge is -1.99. The molecule has 1 fully saturated rings. The Labute approximate surface area is 118 Å².